The van der Waals surface area contributed by atoms with E-state index in [0.29, 0.717) is 0 Å². The quantitative estimate of drug-likeness (QED) is 0.347. The van der Waals surface area contributed by atoms with E-state index >= 15 is 0 Å². The van der Waals surface area contributed by atoms with Crippen LogP contribution in [0.3, 0.4) is 0 Å². The second kappa shape index (κ2) is 11.5. The molecule has 0 heterocycles. The van der Waals surface area contributed by atoms with Gasteiger partial charge >= 0.3 is 18.0 Å². The summed E-state index contributed by atoms with van der Waals surface area (Å²) in [4.78, 5) is 36.3. The number of amides is 1. The van der Waals surface area contributed by atoms with Gasteiger partial charge in [0.2, 0.25) is 3.79 Å². The number of hydrogen-bond donors (Lipinski definition) is 1. The maximum atomic E-state index is 12.4. The molecule has 1 rings (SSSR count). The number of halogens is 3. The highest BCUT2D eigenvalue weighted by Gasteiger charge is 2.27. The summed E-state index contributed by atoms with van der Waals surface area (Å²) in [5, 5.41) is 2.42. The van der Waals surface area contributed by atoms with Gasteiger partial charge < -0.3 is 19.5 Å². The first kappa shape index (κ1) is 25.3. The Morgan fingerprint density at radius 2 is 1.66 bits per heavy atom. The Bertz CT molecular complexity index is 685. The third-order valence-corrected chi connectivity index (χ3v) is 3.56. The Kier molecular flexibility index (Phi) is 10.0. The van der Waals surface area contributed by atoms with Crippen molar-refractivity contribution >= 4 is 52.8 Å². The van der Waals surface area contributed by atoms with Crippen molar-refractivity contribution in [1.29, 1.82) is 0 Å². The number of nitrogens with one attached hydrogen (secondary N) is 1. The number of carbonyl (C=O) groups excluding carboxylic acids is 3. The van der Waals surface area contributed by atoms with Crippen molar-refractivity contribution in [3.63, 3.8) is 0 Å². The second-order valence-electron chi connectivity index (χ2n) is 7.11. The number of alkyl carbamates (subject to hydrolysis) is 1. The molecule has 0 saturated heterocycles. The SMILES string of the molecule is CC(C)(C)OC(=O)N[C@@H](CCC(=O)OCC(Cl)(Cl)Cl)C(=O)OCc1ccccc1. The van der Waals surface area contributed by atoms with Gasteiger partial charge in [0.25, 0.3) is 0 Å². The molecule has 29 heavy (non-hydrogen) atoms. The summed E-state index contributed by atoms with van der Waals surface area (Å²) < 4.78 is 13.5. The van der Waals surface area contributed by atoms with E-state index in [2.05, 4.69) is 5.32 Å². The molecular formula is C19H24Cl3NO6. The van der Waals surface area contributed by atoms with Crippen molar-refractivity contribution < 1.29 is 28.6 Å². The zero-order valence-electron chi connectivity index (χ0n) is 16.4. The van der Waals surface area contributed by atoms with Crippen LogP contribution in [0.2, 0.25) is 0 Å². The van der Waals surface area contributed by atoms with Gasteiger partial charge in [-0.25, -0.2) is 9.59 Å². The monoisotopic (exact) mass is 467 g/mol. The number of esters is 2. The molecule has 7 nitrogen and oxygen atoms in total. The van der Waals surface area contributed by atoms with Gasteiger partial charge in [-0.05, 0) is 32.8 Å². The van der Waals surface area contributed by atoms with E-state index in [-0.39, 0.29) is 19.4 Å². The zero-order valence-corrected chi connectivity index (χ0v) is 18.6. The lowest BCUT2D eigenvalue weighted by molar-refractivity contribution is -0.148. The van der Waals surface area contributed by atoms with Crippen LogP contribution in [0, 0.1) is 0 Å². The molecule has 1 amide bonds. The number of rotatable bonds is 8. The van der Waals surface area contributed by atoms with Crippen LogP contribution >= 0.6 is 34.8 Å². The van der Waals surface area contributed by atoms with E-state index < -0.39 is 40.1 Å². The van der Waals surface area contributed by atoms with Crippen molar-refractivity contribution in [3.05, 3.63) is 35.9 Å². The van der Waals surface area contributed by atoms with Crippen molar-refractivity contribution in [2.75, 3.05) is 6.61 Å². The normalized spacial score (nSPS) is 12.6. The highest BCUT2D eigenvalue weighted by Crippen LogP contribution is 2.26. The highest BCUT2D eigenvalue weighted by atomic mass is 35.6. The van der Waals surface area contributed by atoms with Gasteiger partial charge in [0.1, 0.15) is 24.9 Å². The number of ether oxygens (including phenoxy) is 3. The van der Waals surface area contributed by atoms with E-state index in [0.717, 1.165) is 5.56 Å². The molecular weight excluding hydrogens is 445 g/mol. The van der Waals surface area contributed by atoms with Crippen molar-refractivity contribution in [1.82, 2.24) is 5.32 Å². The van der Waals surface area contributed by atoms with Crippen LogP contribution in [0.25, 0.3) is 0 Å². The number of alkyl halides is 3. The molecule has 0 saturated carbocycles. The number of benzene rings is 1. The molecule has 0 aromatic heterocycles. The van der Waals surface area contributed by atoms with Crippen LogP contribution in [0.15, 0.2) is 30.3 Å². The van der Waals surface area contributed by atoms with Crippen molar-refractivity contribution in [2.45, 2.75) is 55.7 Å². The Balaban J connectivity index is 2.67. The van der Waals surface area contributed by atoms with Crippen LogP contribution in [0.1, 0.15) is 39.2 Å². The van der Waals surface area contributed by atoms with Gasteiger partial charge in [-0.3, -0.25) is 4.79 Å². The molecule has 1 N–H and O–H groups in total. The molecule has 10 heteroatoms. The van der Waals surface area contributed by atoms with Gasteiger partial charge in [0.05, 0.1) is 0 Å². The fourth-order valence-corrected chi connectivity index (χ4v) is 2.19. The maximum Gasteiger partial charge on any atom is 0.408 e. The molecule has 0 aliphatic rings. The molecule has 0 unspecified atom stereocenters. The zero-order chi connectivity index (χ0) is 22.1. The summed E-state index contributed by atoms with van der Waals surface area (Å²) in [6.45, 7) is 4.64. The highest BCUT2D eigenvalue weighted by molar-refractivity contribution is 6.67. The van der Waals surface area contributed by atoms with Gasteiger partial charge in [0.15, 0.2) is 0 Å². The minimum Gasteiger partial charge on any atom is -0.461 e. The molecule has 162 valence electrons. The Morgan fingerprint density at radius 1 is 1.03 bits per heavy atom. The lowest BCUT2D eigenvalue weighted by atomic mass is 10.1. The van der Waals surface area contributed by atoms with E-state index in [4.69, 9.17) is 49.0 Å². The van der Waals surface area contributed by atoms with E-state index in [9.17, 15) is 14.4 Å². The second-order valence-corrected chi connectivity index (χ2v) is 9.62. The van der Waals surface area contributed by atoms with Crippen LogP contribution < -0.4 is 5.32 Å². The van der Waals surface area contributed by atoms with Gasteiger partial charge in [0, 0.05) is 6.42 Å². The molecule has 0 aliphatic heterocycles. The van der Waals surface area contributed by atoms with Crippen LogP contribution in [0.5, 0.6) is 0 Å². The smallest absolute Gasteiger partial charge is 0.408 e. The third-order valence-electron chi connectivity index (χ3n) is 3.23. The Morgan fingerprint density at radius 3 is 2.21 bits per heavy atom. The summed E-state index contributed by atoms with van der Waals surface area (Å²) >= 11 is 16.6. The first-order valence-electron chi connectivity index (χ1n) is 8.78. The average molecular weight is 469 g/mol. The summed E-state index contributed by atoms with van der Waals surface area (Å²) in [6.07, 6.45) is -1.10. The average Bonchev–Trinajstić information content (AvgIpc) is 2.60. The van der Waals surface area contributed by atoms with Gasteiger partial charge in [-0.1, -0.05) is 65.1 Å². The molecule has 0 radical (unpaired) electrons. The molecule has 1 aromatic rings. The molecule has 1 aromatic carbocycles. The summed E-state index contributed by atoms with van der Waals surface area (Å²) in [6, 6.07) is 7.91. The molecule has 0 fully saturated rings. The minimum atomic E-state index is -1.74. The fraction of sp³-hybridized carbons (Fsp3) is 0.526. The van der Waals surface area contributed by atoms with Gasteiger partial charge in [-0.15, -0.1) is 0 Å². The van der Waals surface area contributed by atoms with E-state index in [1.165, 1.54) is 0 Å². The largest absolute Gasteiger partial charge is 0.461 e. The third kappa shape index (κ3) is 12.5. The first-order chi connectivity index (χ1) is 13.4. The lowest BCUT2D eigenvalue weighted by Gasteiger charge is -2.23. The standard InChI is InChI=1S/C19H24Cl3NO6/c1-18(2,3)29-17(26)23-14(9-10-15(24)28-12-19(20,21)22)16(25)27-11-13-7-5-4-6-8-13/h4-8,14H,9-12H2,1-3H3,(H,23,26)/t14-/m0/s1. The number of hydrogen-bond acceptors (Lipinski definition) is 6. The molecule has 0 spiro atoms. The van der Waals surface area contributed by atoms with E-state index in [1.54, 1.807) is 45.0 Å². The molecule has 0 bridgehead atoms. The van der Waals surface area contributed by atoms with E-state index in [1.807, 2.05) is 6.07 Å². The maximum absolute atomic E-state index is 12.4. The number of carbonyl (C=O) groups is 3. The summed E-state index contributed by atoms with van der Waals surface area (Å²) in [7, 11) is 0. The molecule has 1 atom stereocenters. The fourth-order valence-electron chi connectivity index (χ4n) is 2.02. The topological polar surface area (TPSA) is 90.9 Å². The first-order valence-corrected chi connectivity index (χ1v) is 9.91. The minimum absolute atomic E-state index is 0.0177. The Hall–Kier alpha value is -1.70. The predicted octanol–water partition coefficient (Wildman–Crippen LogP) is 4.32. The predicted molar refractivity (Wildman–Crippen MR) is 110 cm³/mol. The van der Waals surface area contributed by atoms with Crippen LogP contribution in [-0.2, 0) is 30.4 Å². The van der Waals surface area contributed by atoms with Gasteiger partial charge in [-0.2, -0.15) is 0 Å². The lowest BCUT2D eigenvalue weighted by Crippen LogP contribution is -2.44. The summed E-state index contributed by atoms with van der Waals surface area (Å²) in [5.74, 6) is -1.41. The van der Waals surface area contributed by atoms with Crippen LogP contribution in [0.4, 0.5) is 4.79 Å². The van der Waals surface area contributed by atoms with Crippen LogP contribution in [-0.4, -0.2) is 40.1 Å². The molecule has 0 aliphatic carbocycles. The van der Waals surface area contributed by atoms with Crippen molar-refractivity contribution in [3.8, 4) is 0 Å². The summed E-state index contributed by atoms with van der Waals surface area (Å²) in [5.41, 5.74) is 0.0188. The Labute approximate surface area is 184 Å². The van der Waals surface area contributed by atoms with Crippen molar-refractivity contribution in [2.24, 2.45) is 0 Å².